The quantitative estimate of drug-likeness (QED) is 0.539. The van der Waals surface area contributed by atoms with Crippen LogP contribution in [-0.4, -0.2) is 12.8 Å². The molecule has 0 heterocycles. The van der Waals surface area contributed by atoms with Crippen LogP contribution >= 0.6 is 0 Å². The van der Waals surface area contributed by atoms with Gasteiger partial charge in [0.2, 0.25) is 0 Å². The third-order valence-electron chi connectivity index (χ3n) is 4.49. The molecule has 4 bridgehead atoms. The minimum Gasteiger partial charge on any atom is -0.297 e. The van der Waals surface area contributed by atoms with Gasteiger partial charge in [0.05, 0.1) is 0 Å². The first-order valence-corrected chi connectivity index (χ1v) is 5.80. The van der Waals surface area contributed by atoms with Crippen molar-refractivity contribution in [1.82, 2.24) is 0 Å². The van der Waals surface area contributed by atoms with E-state index in [4.69, 9.17) is 0 Å². The maximum atomic E-state index is 4.52. The van der Waals surface area contributed by atoms with Gasteiger partial charge in [-0.25, -0.2) is 0 Å². The Kier molecular flexibility index (Phi) is 1.75. The minimum atomic E-state index is 0.890. The second kappa shape index (κ2) is 2.83. The fourth-order valence-corrected chi connectivity index (χ4v) is 4.16. The van der Waals surface area contributed by atoms with Crippen LogP contribution in [0.3, 0.4) is 0 Å². The van der Waals surface area contributed by atoms with Gasteiger partial charge in [0.25, 0.3) is 0 Å². The van der Waals surface area contributed by atoms with Crippen molar-refractivity contribution in [3.63, 3.8) is 0 Å². The standard InChI is InChI=1S/C12H19N/c1-13-12-7-10-3-8-2-9(4-10)6-11(12)5-8/h8-11H,2-7H2,1H3. The van der Waals surface area contributed by atoms with Gasteiger partial charge < -0.3 is 0 Å². The van der Waals surface area contributed by atoms with Crippen molar-refractivity contribution in [1.29, 1.82) is 0 Å². The molecule has 0 aromatic rings. The molecule has 4 aliphatic rings. The van der Waals surface area contributed by atoms with Gasteiger partial charge in [-0.05, 0) is 62.2 Å². The minimum absolute atomic E-state index is 0.890. The highest BCUT2D eigenvalue weighted by molar-refractivity contribution is 5.87. The van der Waals surface area contributed by atoms with E-state index in [1.54, 1.807) is 12.1 Å². The Morgan fingerprint density at radius 2 is 1.54 bits per heavy atom. The summed E-state index contributed by atoms with van der Waals surface area (Å²) in [7, 11) is 2.00. The molecule has 2 atom stereocenters. The van der Waals surface area contributed by atoms with Crippen molar-refractivity contribution in [3.8, 4) is 0 Å². The normalized spacial score (nSPS) is 51.3. The average Bonchev–Trinajstić information content (AvgIpc) is 2.29. The molecule has 0 aliphatic heterocycles. The Morgan fingerprint density at radius 3 is 2.15 bits per heavy atom. The lowest BCUT2D eigenvalue weighted by molar-refractivity contribution is 0.140. The molecule has 0 N–H and O–H groups in total. The number of hydrogen-bond donors (Lipinski definition) is 0. The van der Waals surface area contributed by atoms with E-state index in [0.29, 0.717) is 0 Å². The van der Waals surface area contributed by atoms with Crippen LogP contribution in [0.1, 0.15) is 38.5 Å². The largest absolute Gasteiger partial charge is 0.297 e. The predicted molar refractivity (Wildman–Crippen MR) is 55.0 cm³/mol. The molecule has 0 radical (unpaired) electrons. The van der Waals surface area contributed by atoms with E-state index in [1.807, 2.05) is 7.05 Å². The summed E-state index contributed by atoms with van der Waals surface area (Å²) in [5, 5.41) is 0. The van der Waals surface area contributed by atoms with Crippen LogP contribution < -0.4 is 0 Å². The molecule has 4 rings (SSSR count). The van der Waals surface area contributed by atoms with Crippen LogP contribution in [0.2, 0.25) is 0 Å². The lowest BCUT2D eigenvalue weighted by atomic mass is 9.68. The number of aliphatic imine (C=N–C) groups is 1. The van der Waals surface area contributed by atoms with Gasteiger partial charge in [0, 0.05) is 12.8 Å². The van der Waals surface area contributed by atoms with Crippen molar-refractivity contribution in [2.75, 3.05) is 7.05 Å². The summed E-state index contributed by atoms with van der Waals surface area (Å²) < 4.78 is 0. The lowest BCUT2D eigenvalue weighted by Crippen LogP contribution is -2.28. The number of hydrogen-bond acceptors (Lipinski definition) is 1. The van der Waals surface area contributed by atoms with Crippen molar-refractivity contribution in [3.05, 3.63) is 0 Å². The van der Waals surface area contributed by atoms with Crippen molar-refractivity contribution >= 4 is 5.71 Å². The molecule has 0 spiro atoms. The Labute approximate surface area is 80.6 Å². The Hall–Kier alpha value is -0.330. The highest BCUT2D eigenvalue weighted by atomic mass is 14.7. The summed E-state index contributed by atoms with van der Waals surface area (Å²) in [6, 6.07) is 0. The highest BCUT2D eigenvalue weighted by Gasteiger charge is 2.41. The number of fused-ring (bicyclic) bond motifs is 1. The molecule has 2 unspecified atom stereocenters. The average molecular weight is 177 g/mol. The smallest absolute Gasteiger partial charge is 0.0276 e. The van der Waals surface area contributed by atoms with Crippen LogP contribution in [0.15, 0.2) is 4.99 Å². The molecular formula is C12H19N. The SMILES string of the molecule is CN=C1CC2CC3CC(C2)CC1C3. The van der Waals surface area contributed by atoms with E-state index in [0.717, 1.165) is 23.7 Å². The summed E-state index contributed by atoms with van der Waals surface area (Å²) in [6.07, 6.45) is 8.87. The molecule has 1 heteroatoms. The van der Waals surface area contributed by atoms with Crippen LogP contribution in [0.4, 0.5) is 0 Å². The first-order valence-electron chi connectivity index (χ1n) is 5.80. The van der Waals surface area contributed by atoms with E-state index >= 15 is 0 Å². The van der Waals surface area contributed by atoms with Crippen LogP contribution in [0.25, 0.3) is 0 Å². The Balaban J connectivity index is 1.95. The highest BCUT2D eigenvalue weighted by Crippen LogP contribution is 2.50. The maximum absolute atomic E-state index is 4.52. The van der Waals surface area contributed by atoms with Crippen molar-refractivity contribution in [2.24, 2.45) is 28.7 Å². The summed E-state index contributed by atoms with van der Waals surface area (Å²) >= 11 is 0. The van der Waals surface area contributed by atoms with Gasteiger partial charge in [-0.15, -0.1) is 0 Å². The first kappa shape index (κ1) is 8.02. The second-order valence-corrected chi connectivity index (χ2v) is 5.39. The maximum Gasteiger partial charge on any atom is 0.0276 e. The van der Waals surface area contributed by atoms with Crippen LogP contribution in [-0.2, 0) is 0 Å². The number of nitrogens with zero attached hydrogens (tertiary/aromatic N) is 1. The van der Waals surface area contributed by atoms with Gasteiger partial charge in [0.1, 0.15) is 0 Å². The molecule has 4 saturated carbocycles. The van der Waals surface area contributed by atoms with E-state index in [1.165, 1.54) is 32.1 Å². The van der Waals surface area contributed by atoms with Crippen LogP contribution in [0.5, 0.6) is 0 Å². The third kappa shape index (κ3) is 1.24. The van der Waals surface area contributed by atoms with Gasteiger partial charge >= 0.3 is 0 Å². The molecule has 0 saturated heterocycles. The lowest BCUT2D eigenvalue weighted by Gasteiger charge is -2.37. The monoisotopic (exact) mass is 177 g/mol. The molecule has 1 nitrogen and oxygen atoms in total. The molecule has 72 valence electrons. The summed E-state index contributed by atoms with van der Waals surface area (Å²) in [5.41, 5.74) is 1.56. The third-order valence-corrected chi connectivity index (χ3v) is 4.49. The van der Waals surface area contributed by atoms with Crippen molar-refractivity contribution < 1.29 is 0 Å². The van der Waals surface area contributed by atoms with Gasteiger partial charge in [0.15, 0.2) is 0 Å². The first-order chi connectivity index (χ1) is 6.35. The number of rotatable bonds is 0. The molecule has 0 amide bonds. The zero-order valence-electron chi connectivity index (χ0n) is 8.50. The fraction of sp³-hybridized carbons (Fsp3) is 0.917. The molecular weight excluding hydrogens is 158 g/mol. The summed E-state index contributed by atoms with van der Waals surface area (Å²) in [4.78, 5) is 4.52. The second-order valence-electron chi connectivity index (χ2n) is 5.39. The van der Waals surface area contributed by atoms with Gasteiger partial charge in [-0.1, -0.05) is 0 Å². The zero-order valence-corrected chi connectivity index (χ0v) is 8.50. The fourth-order valence-electron chi connectivity index (χ4n) is 4.16. The molecule has 0 aromatic carbocycles. The molecule has 13 heavy (non-hydrogen) atoms. The summed E-state index contributed by atoms with van der Waals surface area (Å²) in [6.45, 7) is 0. The molecule has 4 aliphatic carbocycles. The summed E-state index contributed by atoms with van der Waals surface area (Å²) in [5.74, 6) is 4.04. The predicted octanol–water partition coefficient (Wildman–Crippen LogP) is 2.90. The van der Waals surface area contributed by atoms with E-state index < -0.39 is 0 Å². The van der Waals surface area contributed by atoms with E-state index in [-0.39, 0.29) is 0 Å². The molecule has 0 aromatic heterocycles. The van der Waals surface area contributed by atoms with Gasteiger partial charge in [-0.2, -0.15) is 0 Å². The van der Waals surface area contributed by atoms with E-state index in [2.05, 4.69) is 4.99 Å². The van der Waals surface area contributed by atoms with E-state index in [9.17, 15) is 0 Å². The topological polar surface area (TPSA) is 12.4 Å². The van der Waals surface area contributed by atoms with Gasteiger partial charge in [-0.3, -0.25) is 4.99 Å². The Morgan fingerprint density at radius 1 is 0.923 bits per heavy atom. The molecule has 4 fully saturated rings. The Bertz CT molecular complexity index is 230. The zero-order chi connectivity index (χ0) is 8.84. The van der Waals surface area contributed by atoms with Crippen molar-refractivity contribution in [2.45, 2.75) is 38.5 Å². The van der Waals surface area contributed by atoms with Crippen LogP contribution in [0, 0.1) is 23.7 Å².